The first-order valence-electron chi connectivity index (χ1n) is 8.90. The Morgan fingerprint density at radius 3 is 2.57 bits per heavy atom. The van der Waals surface area contributed by atoms with Gasteiger partial charge in [-0.2, -0.15) is 0 Å². The van der Waals surface area contributed by atoms with Gasteiger partial charge in [-0.25, -0.2) is 0 Å². The molecular weight excluding hydrogens is 352 g/mol. The van der Waals surface area contributed by atoms with Crippen molar-refractivity contribution >= 4 is 33.6 Å². The van der Waals surface area contributed by atoms with E-state index in [1.165, 1.54) is 0 Å². The minimum Gasteiger partial charge on any atom is -0.368 e. The van der Waals surface area contributed by atoms with Crippen LogP contribution in [0.4, 0.5) is 0 Å². The fraction of sp³-hybridized carbons (Fsp3) is 0.0909. The van der Waals surface area contributed by atoms with Crippen LogP contribution in [0, 0.1) is 0 Å². The van der Waals surface area contributed by atoms with Crippen LogP contribution in [-0.2, 0) is 11.2 Å². The number of rotatable bonds is 5. The van der Waals surface area contributed by atoms with E-state index < -0.39 is 17.9 Å². The normalized spacial score (nSPS) is 12.0. The van der Waals surface area contributed by atoms with Gasteiger partial charge in [0.2, 0.25) is 5.91 Å². The molecule has 3 N–H and O–H groups in total. The summed E-state index contributed by atoms with van der Waals surface area (Å²) < 4.78 is 0. The molecule has 2 amide bonds. The monoisotopic (exact) mass is 370 g/mol. The Kier molecular flexibility index (Phi) is 4.68. The SMILES string of the molecule is NC(=O)[C@@H](Cc1ccc2ccccc2n1)NC(=O)c1cccc2cccnc12. The van der Waals surface area contributed by atoms with E-state index in [1.54, 1.807) is 18.3 Å². The van der Waals surface area contributed by atoms with Gasteiger partial charge in [-0.05, 0) is 24.3 Å². The number of para-hydroxylation sites is 2. The average molecular weight is 370 g/mol. The number of amides is 2. The van der Waals surface area contributed by atoms with Crippen LogP contribution in [0.15, 0.2) is 72.9 Å². The third-order valence-corrected chi connectivity index (χ3v) is 4.60. The van der Waals surface area contributed by atoms with Gasteiger partial charge < -0.3 is 11.1 Å². The number of hydrogen-bond donors (Lipinski definition) is 2. The van der Waals surface area contributed by atoms with Crippen molar-refractivity contribution in [1.82, 2.24) is 15.3 Å². The maximum Gasteiger partial charge on any atom is 0.254 e. The zero-order chi connectivity index (χ0) is 19.5. The summed E-state index contributed by atoms with van der Waals surface area (Å²) in [7, 11) is 0. The van der Waals surface area contributed by atoms with Crippen LogP contribution in [0.5, 0.6) is 0 Å². The lowest BCUT2D eigenvalue weighted by Gasteiger charge is -2.16. The first-order valence-corrected chi connectivity index (χ1v) is 8.90. The van der Waals surface area contributed by atoms with Crippen molar-refractivity contribution in [3.8, 4) is 0 Å². The van der Waals surface area contributed by atoms with E-state index in [4.69, 9.17) is 5.73 Å². The Bertz CT molecular complexity index is 1180. The number of carbonyl (C=O) groups excluding carboxylic acids is 2. The molecule has 4 rings (SSSR count). The first-order chi connectivity index (χ1) is 13.6. The van der Waals surface area contributed by atoms with Crippen LogP contribution in [0.3, 0.4) is 0 Å². The summed E-state index contributed by atoms with van der Waals surface area (Å²) in [6, 6.07) is 19.6. The number of nitrogens with one attached hydrogen (secondary N) is 1. The van der Waals surface area contributed by atoms with E-state index in [2.05, 4.69) is 15.3 Å². The molecule has 0 fully saturated rings. The summed E-state index contributed by atoms with van der Waals surface area (Å²) >= 11 is 0. The second-order valence-electron chi connectivity index (χ2n) is 6.51. The van der Waals surface area contributed by atoms with Crippen LogP contribution in [-0.4, -0.2) is 27.8 Å². The molecule has 0 aliphatic heterocycles. The molecule has 4 aromatic rings. The third kappa shape index (κ3) is 3.53. The Morgan fingerprint density at radius 2 is 1.71 bits per heavy atom. The molecule has 6 heteroatoms. The highest BCUT2D eigenvalue weighted by Gasteiger charge is 2.21. The van der Waals surface area contributed by atoms with Crippen LogP contribution < -0.4 is 11.1 Å². The predicted molar refractivity (Wildman–Crippen MR) is 108 cm³/mol. The van der Waals surface area contributed by atoms with Crippen molar-refractivity contribution < 1.29 is 9.59 Å². The van der Waals surface area contributed by atoms with E-state index in [-0.39, 0.29) is 6.42 Å². The summed E-state index contributed by atoms with van der Waals surface area (Å²) in [5.74, 6) is -1.01. The van der Waals surface area contributed by atoms with Gasteiger partial charge >= 0.3 is 0 Å². The molecule has 2 aromatic carbocycles. The average Bonchev–Trinajstić information content (AvgIpc) is 2.72. The number of benzene rings is 2. The maximum absolute atomic E-state index is 12.8. The largest absolute Gasteiger partial charge is 0.368 e. The summed E-state index contributed by atoms with van der Waals surface area (Å²) in [5.41, 5.74) is 8.02. The zero-order valence-electron chi connectivity index (χ0n) is 15.0. The Hall–Kier alpha value is -3.80. The minimum atomic E-state index is -0.875. The lowest BCUT2D eigenvalue weighted by Crippen LogP contribution is -2.46. The predicted octanol–water partition coefficient (Wildman–Crippen LogP) is 2.61. The number of pyridine rings is 2. The second-order valence-corrected chi connectivity index (χ2v) is 6.51. The molecule has 0 spiro atoms. The van der Waals surface area contributed by atoms with Crippen molar-refractivity contribution in [2.24, 2.45) is 5.73 Å². The lowest BCUT2D eigenvalue weighted by molar-refractivity contribution is -0.119. The van der Waals surface area contributed by atoms with Crippen LogP contribution in [0.2, 0.25) is 0 Å². The molecule has 0 aliphatic rings. The molecule has 2 aromatic heterocycles. The number of nitrogens with two attached hydrogens (primary N) is 1. The van der Waals surface area contributed by atoms with Gasteiger partial charge in [0.15, 0.2) is 0 Å². The smallest absolute Gasteiger partial charge is 0.254 e. The van der Waals surface area contributed by atoms with Gasteiger partial charge in [-0.15, -0.1) is 0 Å². The summed E-state index contributed by atoms with van der Waals surface area (Å²) in [6.45, 7) is 0. The van der Waals surface area contributed by atoms with Crippen molar-refractivity contribution in [1.29, 1.82) is 0 Å². The number of aromatic nitrogens is 2. The molecule has 0 saturated heterocycles. The van der Waals surface area contributed by atoms with Gasteiger partial charge in [-0.3, -0.25) is 19.6 Å². The summed E-state index contributed by atoms with van der Waals surface area (Å²) in [4.78, 5) is 33.6. The van der Waals surface area contributed by atoms with Gasteiger partial charge in [0.05, 0.1) is 16.6 Å². The summed E-state index contributed by atoms with van der Waals surface area (Å²) in [5, 5.41) is 4.58. The standard InChI is InChI=1S/C22H18N4O2/c23-21(27)19(13-16-11-10-14-5-1-2-9-18(14)25-16)26-22(28)17-8-3-6-15-7-4-12-24-20(15)17/h1-12,19H,13H2,(H2,23,27)(H,26,28)/t19-/m1/s1. The fourth-order valence-corrected chi connectivity index (χ4v) is 3.18. The molecule has 138 valence electrons. The van der Waals surface area contributed by atoms with E-state index in [9.17, 15) is 9.59 Å². The highest BCUT2D eigenvalue weighted by molar-refractivity contribution is 6.06. The molecule has 0 radical (unpaired) electrons. The fourth-order valence-electron chi connectivity index (χ4n) is 3.18. The van der Waals surface area contributed by atoms with Gasteiger partial charge in [0.1, 0.15) is 6.04 Å². The number of carbonyl (C=O) groups is 2. The van der Waals surface area contributed by atoms with Crippen molar-refractivity contribution in [2.45, 2.75) is 12.5 Å². The molecule has 0 saturated carbocycles. The van der Waals surface area contributed by atoms with E-state index in [0.29, 0.717) is 16.8 Å². The number of fused-ring (bicyclic) bond motifs is 2. The van der Waals surface area contributed by atoms with Crippen LogP contribution in [0.1, 0.15) is 16.1 Å². The van der Waals surface area contributed by atoms with Crippen LogP contribution in [0.25, 0.3) is 21.8 Å². The lowest BCUT2D eigenvalue weighted by atomic mass is 10.1. The van der Waals surface area contributed by atoms with Gasteiger partial charge in [0.25, 0.3) is 5.91 Å². The Labute approximate surface area is 161 Å². The molecule has 2 heterocycles. The second kappa shape index (κ2) is 7.44. The van der Waals surface area contributed by atoms with E-state index in [1.807, 2.05) is 54.6 Å². The maximum atomic E-state index is 12.8. The van der Waals surface area contributed by atoms with Crippen molar-refractivity contribution in [2.75, 3.05) is 0 Å². The quantitative estimate of drug-likeness (QED) is 0.564. The zero-order valence-corrected chi connectivity index (χ0v) is 15.0. The van der Waals surface area contributed by atoms with E-state index in [0.717, 1.165) is 16.3 Å². The highest BCUT2D eigenvalue weighted by Crippen LogP contribution is 2.17. The number of hydrogen-bond acceptors (Lipinski definition) is 4. The third-order valence-electron chi connectivity index (χ3n) is 4.60. The first kappa shape index (κ1) is 17.6. The summed E-state index contributed by atoms with van der Waals surface area (Å²) in [6.07, 6.45) is 1.84. The van der Waals surface area contributed by atoms with Crippen molar-refractivity contribution in [3.63, 3.8) is 0 Å². The number of nitrogens with zero attached hydrogens (tertiary/aromatic N) is 2. The highest BCUT2D eigenvalue weighted by atomic mass is 16.2. The molecule has 0 bridgehead atoms. The minimum absolute atomic E-state index is 0.212. The Morgan fingerprint density at radius 1 is 0.929 bits per heavy atom. The molecule has 1 atom stereocenters. The molecule has 0 unspecified atom stereocenters. The molecule has 28 heavy (non-hydrogen) atoms. The Balaban J connectivity index is 1.59. The topological polar surface area (TPSA) is 98.0 Å². The van der Waals surface area contributed by atoms with Crippen molar-refractivity contribution in [3.05, 3.63) is 84.2 Å². The van der Waals surface area contributed by atoms with Gasteiger partial charge in [0, 0.05) is 29.1 Å². The molecule has 0 aliphatic carbocycles. The van der Waals surface area contributed by atoms with Gasteiger partial charge in [-0.1, -0.05) is 42.5 Å². The van der Waals surface area contributed by atoms with Crippen LogP contribution >= 0.6 is 0 Å². The molecule has 6 nitrogen and oxygen atoms in total. The molecular formula is C22H18N4O2. The number of primary amides is 1. The van der Waals surface area contributed by atoms with E-state index >= 15 is 0 Å².